The van der Waals surface area contributed by atoms with Gasteiger partial charge in [0.1, 0.15) is 11.4 Å². The summed E-state index contributed by atoms with van der Waals surface area (Å²) in [4.78, 5) is 2.33. The molecule has 6 heteroatoms. The van der Waals surface area contributed by atoms with Gasteiger partial charge < -0.3 is 9.64 Å². The number of nitrogens with one attached hydrogen (secondary N) is 1. The van der Waals surface area contributed by atoms with Crippen molar-refractivity contribution in [2.45, 2.75) is 25.0 Å². The van der Waals surface area contributed by atoms with Gasteiger partial charge in [-0.05, 0) is 42.0 Å². The lowest BCUT2D eigenvalue weighted by Gasteiger charge is -2.42. The van der Waals surface area contributed by atoms with Crippen LogP contribution in [-0.2, 0) is 16.6 Å². The second-order valence-electron chi connectivity index (χ2n) is 7.82. The SMILES string of the molecule is CN1CCC2(C=C(c3cccc(CNS(C)(=O)=O)c3)c3ccccc3O2)CC1. The normalized spacial score (nSPS) is 19.0. The van der Waals surface area contributed by atoms with E-state index in [-0.39, 0.29) is 12.1 Å². The van der Waals surface area contributed by atoms with E-state index in [2.05, 4.69) is 40.9 Å². The van der Waals surface area contributed by atoms with Crippen molar-refractivity contribution in [1.82, 2.24) is 9.62 Å². The Labute approximate surface area is 167 Å². The molecule has 2 aliphatic heterocycles. The van der Waals surface area contributed by atoms with Gasteiger partial charge in [-0.25, -0.2) is 13.1 Å². The van der Waals surface area contributed by atoms with Crippen LogP contribution in [0.3, 0.4) is 0 Å². The predicted molar refractivity (Wildman–Crippen MR) is 112 cm³/mol. The number of rotatable bonds is 4. The summed E-state index contributed by atoms with van der Waals surface area (Å²) in [6.45, 7) is 2.29. The van der Waals surface area contributed by atoms with Gasteiger partial charge in [-0.1, -0.05) is 36.4 Å². The summed E-state index contributed by atoms with van der Waals surface area (Å²) in [5, 5.41) is 0. The van der Waals surface area contributed by atoms with E-state index in [1.54, 1.807) is 0 Å². The number of piperidine rings is 1. The zero-order valence-corrected chi connectivity index (χ0v) is 17.1. The minimum atomic E-state index is -3.23. The number of hydrogen-bond donors (Lipinski definition) is 1. The van der Waals surface area contributed by atoms with Gasteiger partial charge in [-0.15, -0.1) is 0 Å². The molecular weight excluding hydrogens is 372 g/mol. The zero-order chi connectivity index (χ0) is 19.8. The minimum Gasteiger partial charge on any atom is -0.482 e. The molecule has 0 saturated carbocycles. The van der Waals surface area contributed by atoms with Crippen LogP contribution in [0.4, 0.5) is 0 Å². The first-order chi connectivity index (χ1) is 13.3. The van der Waals surface area contributed by atoms with Crippen molar-refractivity contribution in [1.29, 1.82) is 0 Å². The second-order valence-corrected chi connectivity index (χ2v) is 9.65. The highest BCUT2D eigenvalue weighted by molar-refractivity contribution is 7.88. The van der Waals surface area contributed by atoms with E-state index in [1.807, 2.05) is 30.3 Å². The molecule has 2 aromatic rings. The third-order valence-corrected chi connectivity index (χ3v) is 6.18. The molecule has 0 amide bonds. The van der Waals surface area contributed by atoms with E-state index < -0.39 is 10.0 Å². The molecule has 0 unspecified atom stereocenters. The third-order valence-electron chi connectivity index (χ3n) is 5.51. The second kappa shape index (κ2) is 7.35. The fourth-order valence-electron chi connectivity index (χ4n) is 3.91. The van der Waals surface area contributed by atoms with Gasteiger partial charge in [0.05, 0.1) is 6.26 Å². The predicted octanol–water partition coefficient (Wildman–Crippen LogP) is 3.02. The molecule has 2 heterocycles. The molecule has 1 N–H and O–H groups in total. The lowest BCUT2D eigenvalue weighted by Crippen LogP contribution is -2.46. The van der Waals surface area contributed by atoms with Gasteiger partial charge in [-0.2, -0.15) is 0 Å². The molecule has 2 aliphatic rings. The fourth-order valence-corrected chi connectivity index (χ4v) is 4.34. The Morgan fingerprint density at radius 3 is 2.61 bits per heavy atom. The third kappa shape index (κ3) is 4.14. The van der Waals surface area contributed by atoms with Crippen LogP contribution < -0.4 is 9.46 Å². The number of nitrogens with zero attached hydrogens (tertiary/aromatic N) is 1. The molecule has 1 spiro atoms. The van der Waals surface area contributed by atoms with Gasteiger partial charge in [0.2, 0.25) is 10.0 Å². The topological polar surface area (TPSA) is 58.6 Å². The van der Waals surface area contributed by atoms with Crippen LogP contribution in [0.1, 0.15) is 29.5 Å². The number of likely N-dealkylation sites (tertiary alicyclic amines) is 1. The van der Waals surface area contributed by atoms with Crippen molar-refractivity contribution >= 4 is 15.6 Å². The van der Waals surface area contributed by atoms with E-state index >= 15 is 0 Å². The molecule has 0 bridgehead atoms. The van der Waals surface area contributed by atoms with E-state index in [9.17, 15) is 8.42 Å². The molecule has 0 aromatic heterocycles. The average Bonchev–Trinajstić information content (AvgIpc) is 2.68. The summed E-state index contributed by atoms with van der Waals surface area (Å²) in [6, 6.07) is 16.2. The van der Waals surface area contributed by atoms with Crippen molar-refractivity contribution < 1.29 is 13.2 Å². The molecule has 0 aliphatic carbocycles. The maximum absolute atomic E-state index is 11.4. The van der Waals surface area contributed by atoms with Crippen LogP contribution >= 0.6 is 0 Å². The molecule has 0 atom stereocenters. The average molecular weight is 399 g/mol. The van der Waals surface area contributed by atoms with Gasteiger partial charge in [-0.3, -0.25) is 0 Å². The summed E-state index contributed by atoms with van der Waals surface area (Å²) in [6.07, 6.45) is 5.37. The number of ether oxygens (including phenoxy) is 1. The van der Waals surface area contributed by atoms with Crippen LogP contribution in [0.15, 0.2) is 54.6 Å². The Balaban J connectivity index is 1.72. The molecule has 4 rings (SSSR count). The summed E-state index contributed by atoms with van der Waals surface area (Å²) in [5.74, 6) is 0.921. The van der Waals surface area contributed by atoms with E-state index in [0.29, 0.717) is 0 Å². The standard InChI is InChI=1S/C22H26N2O3S/c1-24-12-10-22(11-13-24)15-20(19-8-3-4-9-21(19)27-22)18-7-5-6-17(14-18)16-23-28(2,25)26/h3-9,14-15,23H,10-13,16H2,1-2H3. The number of para-hydroxylation sites is 1. The number of benzene rings is 2. The Morgan fingerprint density at radius 2 is 1.86 bits per heavy atom. The molecule has 0 radical (unpaired) electrons. The van der Waals surface area contributed by atoms with Crippen LogP contribution in [0.25, 0.3) is 5.57 Å². The molecule has 1 fully saturated rings. The maximum Gasteiger partial charge on any atom is 0.209 e. The van der Waals surface area contributed by atoms with E-state index in [1.165, 1.54) is 6.26 Å². The minimum absolute atomic E-state index is 0.281. The Hall–Kier alpha value is -2.15. The van der Waals surface area contributed by atoms with Crippen molar-refractivity contribution in [3.05, 3.63) is 71.3 Å². The number of fused-ring (bicyclic) bond motifs is 1. The molecule has 5 nitrogen and oxygen atoms in total. The Bertz CT molecular complexity index is 1010. The number of sulfonamides is 1. The van der Waals surface area contributed by atoms with Crippen molar-refractivity contribution in [2.75, 3.05) is 26.4 Å². The van der Waals surface area contributed by atoms with E-state index in [0.717, 1.165) is 53.9 Å². The molecule has 28 heavy (non-hydrogen) atoms. The highest BCUT2D eigenvalue weighted by Gasteiger charge is 2.38. The summed E-state index contributed by atoms with van der Waals surface area (Å²) >= 11 is 0. The highest BCUT2D eigenvalue weighted by atomic mass is 32.2. The van der Waals surface area contributed by atoms with Gasteiger partial charge >= 0.3 is 0 Å². The molecule has 148 valence electrons. The van der Waals surface area contributed by atoms with Gasteiger partial charge in [0.25, 0.3) is 0 Å². The van der Waals surface area contributed by atoms with Crippen molar-refractivity contribution in [3.63, 3.8) is 0 Å². The molecular formula is C22H26N2O3S. The van der Waals surface area contributed by atoms with Gasteiger partial charge in [0.15, 0.2) is 0 Å². The highest BCUT2D eigenvalue weighted by Crippen LogP contribution is 2.43. The first-order valence-electron chi connectivity index (χ1n) is 9.57. The summed E-state index contributed by atoms with van der Waals surface area (Å²) < 4.78 is 31.9. The lowest BCUT2D eigenvalue weighted by atomic mass is 9.83. The largest absolute Gasteiger partial charge is 0.482 e. The first kappa shape index (κ1) is 19.2. The monoisotopic (exact) mass is 398 g/mol. The lowest BCUT2D eigenvalue weighted by molar-refractivity contribution is 0.0468. The van der Waals surface area contributed by atoms with Gasteiger partial charge in [0, 0.05) is 38.0 Å². The van der Waals surface area contributed by atoms with Crippen LogP contribution in [0.2, 0.25) is 0 Å². The quantitative estimate of drug-likeness (QED) is 0.860. The Kier molecular flexibility index (Phi) is 5.04. The van der Waals surface area contributed by atoms with Crippen LogP contribution in [-0.4, -0.2) is 45.3 Å². The maximum atomic E-state index is 11.4. The molecule has 2 aromatic carbocycles. The zero-order valence-electron chi connectivity index (χ0n) is 16.3. The summed E-state index contributed by atoms with van der Waals surface area (Å²) in [7, 11) is -1.08. The molecule has 1 saturated heterocycles. The smallest absolute Gasteiger partial charge is 0.209 e. The Morgan fingerprint density at radius 1 is 1.11 bits per heavy atom. The van der Waals surface area contributed by atoms with Crippen molar-refractivity contribution in [2.24, 2.45) is 0 Å². The number of hydrogen-bond acceptors (Lipinski definition) is 4. The van der Waals surface area contributed by atoms with Crippen LogP contribution in [0, 0.1) is 0 Å². The summed E-state index contributed by atoms with van der Waals surface area (Å²) in [5.41, 5.74) is 3.98. The first-order valence-corrected chi connectivity index (χ1v) is 11.5. The van der Waals surface area contributed by atoms with Crippen LogP contribution in [0.5, 0.6) is 5.75 Å². The fraction of sp³-hybridized carbons (Fsp3) is 0.364. The van der Waals surface area contributed by atoms with E-state index in [4.69, 9.17) is 4.74 Å². The van der Waals surface area contributed by atoms with Crippen molar-refractivity contribution in [3.8, 4) is 5.75 Å².